The zero-order valence-electron chi connectivity index (χ0n) is 10.8. The minimum absolute atomic E-state index is 0.107. The Morgan fingerprint density at radius 3 is 3.10 bits per heavy atom. The molecule has 0 spiro atoms. The molecule has 0 bridgehead atoms. The van der Waals surface area contributed by atoms with Gasteiger partial charge in [-0.1, -0.05) is 0 Å². The van der Waals surface area contributed by atoms with Gasteiger partial charge in [-0.2, -0.15) is 0 Å². The van der Waals surface area contributed by atoms with Crippen LogP contribution < -0.4 is 5.69 Å². The fraction of sp³-hybridized carbons (Fsp3) is 0.455. The summed E-state index contributed by atoms with van der Waals surface area (Å²) in [7, 11) is -3.04. The van der Waals surface area contributed by atoms with Gasteiger partial charge in [-0.3, -0.25) is 13.5 Å². The first-order valence-corrected chi connectivity index (χ1v) is 7.56. The molecule has 4 atom stereocenters. The Labute approximate surface area is 119 Å². The van der Waals surface area contributed by atoms with Crippen molar-refractivity contribution in [3.8, 4) is 0 Å². The molecule has 0 aliphatic carbocycles. The first-order valence-electron chi connectivity index (χ1n) is 6.29. The van der Waals surface area contributed by atoms with E-state index in [9.17, 15) is 14.5 Å². The van der Waals surface area contributed by atoms with Gasteiger partial charge >= 0.3 is 13.9 Å². The van der Waals surface area contributed by atoms with Crippen molar-refractivity contribution in [2.75, 3.05) is 6.61 Å². The van der Waals surface area contributed by atoms with E-state index in [1.807, 2.05) is 0 Å². The van der Waals surface area contributed by atoms with Gasteiger partial charge in [-0.15, -0.1) is 0 Å². The summed E-state index contributed by atoms with van der Waals surface area (Å²) < 4.78 is 23.3. The summed E-state index contributed by atoms with van der Waals surface area (Å²) in [5.74, 6) is 0. The second-order valence-electron chi connectivity index (χ2n) is 4.69. The summed E-state index contributed by atoms with van der Waals surface area (Å²) in [4.78, 5) is 24.9. The quantitative estimate of drug-likeness (QED) is 0.734. The lowest BCUT2D eigenvalue weighted by molar-refractivity contribution is -0.0504. The standard InChI is InChI=1S/C11H14N3O6P/c15-8-5-7(6-19-21(17)18)20-10(8)14-3-1-9-12-2-4-13(9)11(14)16/h1-4,7-8,10,15,21H,5-6H2,(H,17,18)/t7-,8?,10+/m0/s1. The van der Waals surface area contributed by atoms with E-state index < -0.39 is 26.7 Å². The van der Waals surface area contributed by atoms with Crippen molar-refractivity contribution in [3.63, 3.8) is 0 Å². The molecule has 0 radical (unpaired) electrons. The van der Waals surface area contributed by atoms with Crippen LogP contribution in [0, 0.1) is 0 Å². The number of aromatic nitrogens is 3. The molecule has 2 unspecified atom stereocenters. The molecule has 1 aliphatic heterocycles. The number of imidazole rings is 1. The van der Waals surface area contributed by atoms with Crippen LogP contribution in [-0.2, 0) is 13.8 Å². The van der Waals surface area contributed by atoms with E-state index in [1.165, 1.54) is 27.6 Å². The van der Waals surface area contributed by atoms with Gasteiger partial charge in [0.2, 0.25) is 0 Å². The Kier molecular flexibility index (Phi) is 3.92. The molecule has 0 amide bonds. The summed E-state index contributed by atoms with van der Waals surface area (Å²) in [6, 6.07) is 1.63. The highest BCUT2D eigenvalue weighted by Gasteiger charge is 2.36. The van der Waals surface area contributed by atoms with Gasteiger partial charge in [0.05, 0.1) is 12.7 Å². The average molecular weight is 315 g/mol. The van der Waals surface area contributed by atoms with Gasteiger partial charge in [0, 0.05) is 25.0 Å². The normalized spacial score (nSPS) is 27.2. The van der Waals surface area contributed by atoms with Crippen molar-refractivity contribution in [2.45, 2.75) is 24.9 Å². The fourth-order valence-electron chi connectivity index (χ4n) is 2.38. The minimum atomic E-state index is -3.04. The molecule has 21 heavy (non-hydrogen) atoms. The first kappa shape index (κ1) is 14.4. The minimum Gasteiger partial charge on any atom is -0.388 e. The number of hydrogen-bond donors (Lipinski definition) is 2. The van der Waals surface area contributed by atoms with Gasteiger partial charge in [0.15, 0.2) is 6.23 Å². The number of aliphatic hydroxyl groups excluding tert-OH is 1. The lowest BCUT2D eigenvalue weighted by Gasteiger charge is -2.17. The van der Waals surface area contributed by atoms with E-state index in [2.05, 4.69) is 9.51 Å². The summed E-state index contributed by atoms with van der Waals surface area (Å²) >= 11 is 0. The molecule has 0 aromatic carbocycles. The van der Waals surface area contributed by atoms with E-state index in [0.29, 0.717) is 5.65 Å². The number of fused-ring (bicyclic) bond motifs is 1. The van der Waals surface area contributed by atoms with Crippen LogP contribution in [0.4, 0.5) is 0 Å². The fourth-order valence-corrected chi connectivity index (χ4v) is 2.71. The molecule has 9 nitrogen and oxygen atoms in total. The van der Waals surface area contributed by atoms with Crippen LogP contribution in [0.15, 0.2) is 29.5 Å². The van der Waals surface area contributed by atoms with Crippen molar-refractivity contribution in [1.29, 1.82) is 0 Å². The second-order valence-corrected chi connectivity index (χ2v) is 5.51. The van der Waals surface area contributed by atoms with Crippen LogP contribution in [0.5, 0.6) is 0 Å². The third-order valence-corrected chi connectivity index (χ3v) is 3.73. The summed E-state index contributed by atoms with van der Waals surface area (Å²) in [6.45, 7) is -0.107. The Bertz CT molecular complexity index is 728. The third-order valence-electron chi connectivity index (χ3n) is 3.31. The van der Waals surface area contributed by atoms with Crippen molar-refractivity contribution >= 4 is 13.9 Å². The Hall–Kier alpha value is -1.51. The third kappa shape index (κ3) is 2.78. The molecule has 114 valence electrons. The van der Waals surface area contributed by atoms with Crippen molar-refractivity contribution in [3.05, 3.63) is 35.1 Å². The maximum atomic E-state index is 12.3. The smallest absolute Gasteiger partial charge is 0.336 e. The van der Waals surface area contributed by atoms with Gasteiger partial charge in [-0.05, 0) is 6.07 Å². The molecular weight excluding hydrogens is 301 g/mol. The Morgan fingerprint density at radius 2 is 2.33 bits per heavy atom. The zero-order chi connectivity index (χ0) is 15.0. The molecule has 10 heteroatoms. The molecule has 1 aliphatic rings. The highest BCUT2D eigenvalue weighted by atomic mass is 31.1. The monoisotopic (exact) mass is 315 g/mol. The van der Waals surface area contributed by atoms with Crippen molar-refractivity contribution in [2.24, 2.45) is 0 Å². The lowest BCUT2D eigenvalue weighted by Crippen LogP contribution is -2.33. The summed E-state index contributed by atoms with van der Waals surface area (Å²) in [5, 5.41) is 10.0. The molecule has 3 rings (SSSR count). The van der Waals surface area contributed by atoms with Crippen molar-refractivity contribution in [1.82, 2.24) is 14.0 Å². The molecule has 3 heterocycles. The van der Waals surface area contributed by atoms with E-state index >= 15 is 0 Å². The Morgan fingerprint density at radius 1 is 1.52 bits per heavy atom. The second kappa shape index (κ2) is 5.70. The number of ether oxygens (including phenoxy) is 1. The van der Waals surface area contributed by atoms with Crippen LogP contribution in [-0.4, -0.2) is 42.8 Å². The van der Waals surface area contributed by atoms with Crippen molar-refractivity contribution < 1.29 is 23.8 Å². The molecule has 2 N–H and O–H groups in total. The predicted octanol–water partition coefficient (Wildman–Crippen LogP) is -0.457. The number of rotatable bonds is 4. The predicted molar refractivity (Wildman–Crippen MR) is 71.2 cm³/mol. The molecule has 1 saturated heterocycles. The first-order chi connectivity index (χ1) is 10.1. The molecule has 2 aromatic heterocycles. The van der Waals surface area contributed by atoms with Crippen LogP contribution >= 0.6 is 8.25 Å². The molecule has 1 fully saturated rings. The molecule has 0 saturated carbocycles. The zero-order valence-corrected chi connectivity index (χ0v) is 11.8. The summed E-state index contributed by atoms with van der Waals surface area (Å²) in [6.07, 6.45) is 2.43. The van der Waals surface area contributed by atoms with E-state index in [-0.39, 0.29) is 18.7 Å². The van der Waals surface area contributed by atoms with Crippen LogP contribution in [0.3, 0.4) is 0 Å². The number of hydrogen-bond acceptors (Lipinski definition) is 6. The highest BCUT2D eigenvalue weighted by molar-refractivity contribution is 7.32. The SMILES string of the molecule is O=c1n([C@@H]2O[C@H](CO[PH](=O)O)CC2O)ccc2nccn12. The van der Waals surface area contributed by atoms with Gasteiger partial charge in [-0.25, -0.2) is 9.78 Å². The van der Waals surface area contributed by atoms with Gasteiger partial charge in [0.25, 0.3) is 0 Å². The van der Waals surface area contributed by atoms with Crippen LogP contribution in [0.2, 0.25) is 0 Å². The van der Waals surface area contributed by atoms with E-state index in [4.69, 9.17) is 9.63 Å². The van der Waals surface area contributed by atoms with E-state index in [0.717, 1.165) is 0 Å². The Balaban J connectivity index is 1.83. The summed E-state index contributed by atoms with van der Waals surface area (Å²) in [5.41, 5.74) is 0.119. The van der Waals surface area contributed by atoms with Gasteiger partial charge in [0.1, 0.15) is 11.8 Å². The largest absolute Gasteiger partial charge is 0.388 e. The maximum Gasteiger partial charge on any atom is 0.336 e. The number of aliphatic hydroxyl groups is 1. The number of nitrogens with zero attached hydrogens (tertiary/aromatic N) is 3. The molecule has 2 aromatic rings. The van der Waals surface area contributed by atoms with Crippen LogP contribution in [0.25, 0.3) is 5.65 Å². The lowest BCUT2D eigenvalue weighted by atomic mass is 10.2. The maximum absolute atomic E-state index is 12.3. The van der Waals surface area contributed by atoms with Gasteiger partial charge < -0.3 is 19.3 Å². The molecular formula is C11H14N3O6P. The average Bonchev–Trinajstić information content (AvgIpc) is 3.04. The van der Waals surface area contributed by atoms with E-state index in [1.54, 1.807) is 6.07 Å². The van der Waals surface area contributed by atoms with Crippen LogP contribution in [0.1, 0.15) is 12.6 Å². The highest BCUT2D eigenvalue weighted by Crippen LogP contribution is 2.29. The topological polar surface area (TPSA) is 115 Å².